The summed E-state index contributed by atoms with van der Waals surface area (Å²) in [4.78, 5) is 27.4. The molecule has 6 nitrogen and oxygen atoms in total. The molecule has 0 atom stereocenters. The summed E-state index contributed by atoms with van der Waals surface area (Å²) in [6, 6.07) is 5.25. The van der Waals surface area contributed by atoms with Crippen LogP contribution >= 0.6 is 15.9 Å². The molecule has 0 fully saturated rings. The molecule has 1 aromatic carbocycles. The number of hydrogen-bond donors (Lipinski definition) is 1. The molecular weight excluding hydrogens is 489 g/mol. The van der Waals surface area contributed by atoms with Gasteiger partial charge in [0.2, 0.25) is 0 Å². The number of likely N-dealkylation sites (N-methyl/N-ethyl adjacent to an activating group) is 2. The molecule has 1 N–H and O–H groups in total. The fourth-order valence-corrected chi connectivity index (χ4v) is 2.89. The molecule has 0 heterocycles. The summed E-state index contributed by atoms with van der Waals surface area (Å²) in [6.07, 6.45) is 0.657. The molecule has 1 aromatic rings. The summed E-state index contributed by atoms with van der Waals surface area (Å²) in [5.74, 6) is -1.02. The van der Waals surface area contributed by atoms with Crippen LogP contribution in [0.15, 0.2) is 59.1 Å². The molecule has 1 rings (SSSR count). The number of halogens is 2. The van der Waals surface area contributed by atoms with E-state index < -0.39 is 17.5 Å². The fraction of sp³-hybridized carbons (Fsp3) is 0.440. The van der Waals surface area contributed by atoms with Gasteiger partial charge in [-0.05, 0) is 57.5 Å². The minimum atomic E-state index is -0.639. The number of rotatable bonds is 8. The van der Waals surface area contributed by atoms with Crippen molar-refractivity contribution in [3.05, 3.63) is 70.3 Å². The van der Waals surface area contributed by atoms with Crippen molar-refractivity contribution in [1.82, 2.24) is 15.1 Å². The zero-order valence-electron chi connectivity index (χ0n) is 21.0. The number of aryl methyl sites for hydroxylation is 1. The zero-order chi connectivity index (χ0) is 25.9. The number of ether oxygens (including phenoxy) is 1. The SMILES string of the molecule is C=C(/C=C(/F)C(=C)N(C)CCN(C)C(=O)OC(C)(C)C)NC(=O)c1ccc(Br)cc1C.CC. The van der Waals surface area contributed by atoms with Crippen molar-refractivity contribution in [3.63, 3.8) is 0 Å². The summed E-state index contributed by atoms with van der Waals surface area (Å²) in [5.41, 5.74) is 0.870. The van der Waals surface area contributed by atoms with Crippen molar-refractivity contribution < 1.29 is 18.7 Å². The highest BCUT2D eigenvalue weighted by molar-refractivity contribution is 9.10. The average Bonchev–Trinajstić information content (AvgIpc) is 2.70. The second-order valence-electron chi connectivity index (χ2n) is 8.20. The molecule has 0 radical (unpaired) electrons. The van der Waals surface area contributed by atoms with Gasteiger partial charge in [0.15, 0.2) is 0 Å². The molecule has 0 saturated carbocycles. The Hall–Kier alpha value is -2.61. The predicted octanol–water partition coefficient (Wildman–Crippen LogP) is 6.19. The number of carbonyl (C=O) groups is 2. The first-order chi connectivity index (χ1) is 15.2. The van der Waals surface area contributed by atoms with Crippen LogP contribution in [0.5, 0.6) is 0 Å². The monoisotopic (exact) mass is 525 g/mol. The Morgan fingerprint density at radius 3 is 2.21 bits per heavy atom. The first-order valence-corrected chi connectivity index (χ1v) is 11.5. The normalized spacial score (nSPS) is 11.0. The maximum atomic E-state index is 14.6. The maximum absolute atomic E-state index is 14.6. The fourth-order valence-electron chi connectivity index (χ4n) is 2.42. The van der Waals surface area contributed by atoms with Gasteiger partial charge >= 0.3 is 6.09 Å². The Bertz CT molecular complexity index is 891. The van der Waals surface area contributed by atoms with E-state index in [1.54, 1.807) is 51.9 Å². The van der Waals surface area contributed by atoms with Gasteiger partial charge in [-0.1, -0.05) is 42.9 Å². The molecule has 33 heavy (non-hydrogen) atoms. The Balaban J connectivity index is 0.00000497. The molecule has 0 aliphatic rings. The number of carbonyl (C=O) groups excluding carboxylic acids is 2. The van der Waals surface area contributed by atoms with Crippen molar-refractivity contribution >= 4 is 27.9 Å². The van der Waals surface area contributed by atoms with Crippen LogP contribution < -0.4 is 5.32 Å². The number of allylic oxidation sites excluding steroid dienone is 2. The van der Waals surface area contributed by atoms with Gasteiger partial charge in [0.1, 0.15) is 11.4 Å². The Kier molecular flexibility index (Phi) is 12.7. The van der Waals surface area contributed by atoms with Gasteiger partial charge in [-0.2, -0.15) is 0 Å². The molecule has 0 spiro atoms. The van der Waals surface area contributed by atoms with Gasteiger partial charge in [0.05, 0.1) is 5.70 Å². The van der Waals surface area contributed by atoms with Gasteiger partial charge in [0, 0.05) is 42.9 Å². The predicted molar refractivity (Wildman–Crippen MR) is 137 cm³/mol. The van der Waals surface area contributed by atoms with E-state index in [-0.39, 0.29) is 17.3 Å². The topological polar surface area (TPSA) is 61.9 Å². The van der Waals surface area contributed by atoms with E-state index in [4.69, 9.17) is 4.74 Å². The second kappa shape index (κ2) is 13.8. The summed E-state index contributed by atoms with van der Waals surface area (Å²) in [6.45, 7) is 19.3. The van der Waals surface area contributed by atoms with Crippen molar-refractivity contribution in [1.29, 1.82) is 0 Å². The van der Waals surface area contributed by atoms with Crippen molar-refractivity contribution in [2.24, 2.45) is 0 Å². The quantitative estimate of drug-likeness (QED) is 0.410. The smallest absolute Gasteiger partial charge is 0.410 e. The van der Waals surface area contributed by atoms with Crippen LogP contribution in [0.25, 0.3) is 0 Å². The molecule has 8 heteroatoms. The first-order valence-electron chi connectivity index (χ1n) is 10.7. The first kappa shape index (κ1) is 30.4. The number of amides is 2. The summed E-state index contributed by atoms with van der Waals surface area (Å²) in [7, 11) is 3.27. The van der Waals surface area contributed by atoms with E-state index in [9.17, 15) is 14.0 Å². The van der Waals surface area contributed by atoms with Crippen molar-refractivity contribution in [3.8, 4) is 0 Å². The van der Waals surface area contributed by atoms with E-state index in [0.717, 1.165) is 16.1 Å². The third kappa shape index (κ3) is 11.2. The lowest BCUT2D eigenvalue weighted by molar-refractivity contribution is 0.0291. The third-order valence-electron chi connectivity index (χ3n) is 4.22. The third-order valence-corrected chi connectivity index (χ3v) is 4.71. The minimum Gasteiger partial charge on any atom is -0.444 e. The van der Waals surface area contributed by atoms with Crippen LogP contribution in [-0.4, -0.2) is 54.6 Å². The Morgan fingerprint density at radius 2 is 1.70 bits per heavy atom. The molecule has 0 saturated heterocycles. The highest BCUT2D eigenvalue weighted by atomic mass is 79.9. The molecule has 0 unspecified atom stereocenters. The van der Waals surface area contributed by atoms with Crippen LogP contribution in [0.2, 0.25) is 0 Å². The van der Waals surface area contributed by atoms with E-state index in [0.29, 0.717) is 18.7 Å². The number of nitrogens with zero attached hydrogens (tertiary/aromatic N) is 2. The second-order valence-corrected chi connectivity index (χ2v) is 9.12. The molecule has 0 aliphatic heterocycles. The van der Waals surface area contributed by atoms with E-state index in [1.807, 2.05) is 26.8 Å². The van der Waals surface area contributed by atoms with Crippen LogP contribution in [0.1, 0.15) is 50.5 Å². The van der Waals surface area contributed by atoms with Crippen LogP contribution in [0.3, 0.4) is 0 Å². The van der Waals surface area contributed by atoms with Gasteiger partial charge in [-0.15, -0.1) is 0 Å². The molecular formula is C25H37BrFN3O3. The zero-order valence-corrected chi connectivity index (χ0v) is 22.6. The minimum absolute atomic E-state index is 0.102. The summed E-state index contributed by atoms with van der Waals surface area (Å²) < 4.78 is 20.7. The molecule has 184 valence electrons. The molecule has 2 amide bonds. The van der Waals surface area contributed by atoms with E-state index in [1.165, 1.54) is 4.90 Å². The lowest BCUT2D eigenvalue weighted by Gasteiger charge is -2.27. The van der Waals surface area contributed by atoms with Crippen LogP contribution in [-0.2, 0) is 4.74 Å². The van der Waals surface area contributed by atoms with Crippen molar-refractivity contribution in [2.75, 3.05) is 27.2 Å². The molecule has 0 aliphatic carbocycles. The van der Waals surface area contributed by atoms with Crippen molar-refractivity contribution in [2.45, 2.75) is 47.1 Å². The Morgan fingerprint density at radius 1 is 1.15 bits per heavy atom. The lowest BCUT2D eigenvalue weighted by Crippen LogP contribution is -2.38. The summed E-state index contributed by atoms with van der Waals surface area (Å²) >= 11 is 3.35. The van der Waals surface area contributed by atoms with Crippen LogP contribution in [0.4, 0.5) is 9.18 Å². The molecule has 0 bridgehead atoms. The van der Waals surface area contributed by atoms with Gasteiger partial charge in [-0.3, -0.25) is 4.79 Å². The van der Waals surface area contributed by atoms with Crippen LogP contribution in [0, 0.1) is 6.92 Å². The number of nitrogens with one attached hydrogen (secondary N) is 1. The standard InChI is InChI=1S/C23H31BrFN3O3.C2H6/c1-15-13-18(24)9-10-19(15)21(29)26-16(2)14-20(25)17(3)27(7)11-12-28(8)22(30)31-23(4,5)6;1-2/h9-10,13-14H,2-3,11-12H2,1,4-8H3,(H,26,29);1-2H3/b20-14+;. The van der Waals surface area contributed by atoms with Gasteiger partial charge in [0.25, 0.3) is 5.91 Å². The average molecular weight is 526 g/mol. The summed E-state index contributed by atoms with van der Waals surface area (Å²) in [5, 5.41) is 2.57. The highest BCUT2D eigenvalue weighted by Gasteiger charge is 2.20. The maximum Gasteiger partial charge on any atom is 0.410 e. The van der Waals surface area contributed by atoms with E-state index >= 15 is 0 Å². The lowest BCUT2D eigenvalue weighted by atomic mass is 10.1. The highest BCUT2D eigenvalue weighted by Crippen LogP contribution is 2.18. The van der Waals surface area contributed by atoms with E-state index in [2.05, 4.69) is 34.4 Å². The molecule has 0 aromatic heterocycles. The largest absolute Gasteiger partial charge is 0.444 e. The number of hydrogen-bond acceptors (Lipinski definition) is 4. The van der Waals surface area contributed by atoms with Gasteiger partial charge in [-0.25, -0.2) is 9.18 Å². The van der Waals surface area contributed by atoms with Gasteiger partial charge < -0.3 is 19.9 Å². The number of benzene rings is 1. The Labute approximate surface area is 206 Å².